The first-order valence-electron chi connectivity index (χ1n) is 16.5. The van der Waals surface area contributed by atoms with Crippen molar-refractivity contribution in [1.29, 1.82) is 5.26 Å². The van der Waals surface area contributed by atoms with Gasteiger partial charge in [-0.3, -0.25) is 9.69 Å². The number of rotatable bonds is 8. The molecular weight excluding hydrogens is 611 g/mol. The Hall–Kier alpha value is -4.79. The van der Waals surface area contributed by atoms with Crippen LogP contribution in [0.15, 0.2) is 66.4 Å². The lowest BCUT2D eigenvalue weighted by Crippen LogP contribution is -2.49. The van der Waals surface area contributed by atoms with Crippen LogP contribution < -0.4 is 15.1 Å². The van der Waals surface area contributed by atoms with Crippen molar-refractivity contribution >= 4 is 29.2 Å². The largest absolute Gasteiger partial charge is 0.456 e. The summed E-state index contributed by atoms with van der Waals surface area (Å²) < 4.78 is 26.1. The van der Waals surface area contributed by atoms with Gasteiger partial charge in [0.05, 0.1) is 28.9 Å². The molecule has 1 amide bonds. The zero-order valence-corrected chi connectivity index (χ0v) is 27.7. The summed E-state index contributed by atoms with van der Waals surface area (Å²) in [6, 6.07) is 16.9. The van der Waals surface area contributed by atoms with Gasteiger partial charge >= 0.3 is 5.97 Å². The molecule has 3 aromatic rings. The molecule has 1 atom stereocenters. The number of esters is 1. The van der Waals surface area contributed by atoms with E-state index in [4.69, 9.17) is 14.7 Å². The number of halogens is 1. The number of fused-ring (bicyclic) bond motifs is 1. The quantitative estimate of drug-likeness (QED) is 0.313. The number of nitrogens with zero attached hydrogens (tertiary/aromatic N) is 5. The molecule has 1 aromatic heterocycles. The van der Waals surface area contributed by atoms with Crippen LogP contribution >= 0.6 is 0 Å². The second kappa shape index (κ2) is 14.1. The number of hydrogen-bond acceptors (Lipinski definition) is 9. The number of aromatic nitrogens is 1. The number of anilines is 3. The highest BCUT2D eigenvalue weighted by Crippen LogP contribution is 2.33. The van der Waals surface area contributed by atoms with E-state index in [9.17, 15) is 14.0 Å². The first kappa shape index (κ1) is 33.1. The maximum Gasteiger partial charge on any atom is 0.338 e. The van der Waals surface area contributed by atoms with E-state index >= 15 is 0 Å². The van der Waals surface area contributed by atoms with Crippen molar-refractivity contribution in [3.63, 3.8) is 0 Å². The van der Waals surface area contributed by atoms with Gasteiger partial charge in [-0.2, -0.15) is 5.26 Å². The molecule has 0 bridgehead atoms. The maximum absolute atomic E-state index is 14.4. The van der Waals surface area contributed by atoms with Crippen LogP contribution in [0.5, 0.6) is 0 Å². The average Bonchev–Trinajstić information content (AvgIpc) is 3.58. The van der Waals surface area contributed by atoms with Crippen molar-refractivity contribution in [3.8, 4) is 6.07 Å². The highest BCUT2D eigenvalue weighted by molar-refractivity contribution is 6.04. The van der Waals surface area contributed by atoms with Gasteiger partial charge in [-0.15, -0.1) is 0 Å². The summed E-state index contributed by atoms with van der Waals surface area (Å²) >= 11 is 0. The number of nitriles is 1. The molecule has 0 radical (unpaired) electrons. The number of pyridine rings is 1. The molecule has 0 unspecified atom stereocenters. The van der Waals surface area contributed by atoms with Crippen molar-refractivity contribution in [2.75, 3.05) is 61.0 Å². The standard InChI is InChI=1S/C37H41FN6O4/c1-37(2,3)48-36(46)27-11-10-26-12-13-28(44(32(26)21-27)24-29-6-5-19-47-29)23-42-15-17-43(18-16-42)34-8-4-7-33(40-34)41-35(45)30-14-9-25(22-39)20-31(30)38/h4,7-11,13-14,20-21,29H,5-6,12,15-19,23-24H2,1-3H3,(H,40,41,45)/t29-/m0/s1. The highest BCUT2D eigenvalue weighted by atomic mass is 19.1. The van der Waals surface area contributed by atoms with Gasteiger partial charge in [0.1, 0.15) is 23.1 Å². The van der Waals surface area contributed by atoms with Gasteiger partial charge in [0.2, 0.25) is 0 Å². The van der Waals surface area contributed by atoms with Crippen LogP contribution in [0.25, 0.3) is 0 Å². The zero-order valence-electron chi connectivity index (χ0n) is 27.7. The van der Waals surface area contributed by atoms with Gasteiger partial charge in [0, 0.05) is 57.3 Å². The third-order valence-electron chi connectivity index (χ3n) is 8.73. The number of hydrogen-bond donors (Lipinski definition) is 1. The summed E-state index contributed by atoms with van der Waals surface area (Å²) in [4.78, 5) is 37.3. The summed E-state index contributed by atoms with van der Waals surface area (Å²) in [7, 11) is 0. The predicted molar refractivity (Wildman–Crippen MR) is 182 cm³/mol. The zero-order chi connectivity index (χ0) is 33.8. The van der Waals surface area contributed by atoms with E-state index in [0.717, 1.165) is 82.7 Å². The summed E-state index contributed by atoms with van der Waals surface area (Å²) in [5, 5.41) is 11.7. The number of ether oxygens (including phenoxy) is 2. The van der Waals surface area contributed by atoms with E-state index in [0.29, 0.717) is 11.4 Å². The fourth-order valence-electron chi connectivity index (χ4n) is 6.29. The topological polar surface area (TPSA) is 111 Å². The van der Waals surface area contributed by atoms with Crippen LogP contribution in [0, 0.1) is 17.1 Å². The van der Waals surface area contributed by atoms with Gasteiger partial charge in [-0.05, 0) is 88.1 Å². The third kappa shape index (κ3) is 7.84. The molecule has 3 aliphatic heterocycles. The van der Waals surface area contributed by atoms with E-state index in [1.807, 2.05) is 57.2 Å². The number of amides is 1. The van der Waals surface area contributed by atoms with Gasteiger partial charge in [0.25, 0.3) is 5.91 Å². The smallest absolute Gasteiger partial charge is 0.338 e. The number of carbonyl (C=O) groups excluding carboxylic acids is 2. The number of piperazine rings is 1. The molecule has 48 heavy (non-hydrogen) atoms. The van der Waals surface area contributed by atoms with Crippen molar-refractivity contribution in [2.24, 2.45) is 0 Å². The number of benzene rings is 2. The molecule has 6 rings (SSSR count). The van der Waals surface area contributed by atoms with E-state index in [1.54, 1.807) is 6.07 Å². The first-order chi connectivity index (χ1) is 23.1. The Kier molecular flexibility index (Phi) is 9.76. The molecule has 250 valence electrons. The van der Waals surface area contributed by atoms with Crippen molar-refractivity contribution < 1.29 is 23.5 Å². The Morgan fingerprint density at radius 1 is 1.10 bits per heavy atom. The molecule has 0 saturated carbocycles. The van der Waals surface area contributed by atoms with Gasteiger partial charge in [-0.25, -0.2) is 14.2 Å². The van der Waals surface area contributed by atoms with Gasteiger partial charge in [0.15, 0.2) is 0 Å². The van der Waals surface area contributed by atoms with Crippen molar-refractivity contribution in [3.05, 3.63) is 94.4 Å². The summed E-state index contributed by atoms with van der Waals surface area (Å²) in [5.41, 5.74) is 3.38. The fourth-order valence-corrected chi connectivity index (χ4v) is 6.29. The normalized spacial score (nSPS) is 18.1. The van der Waals surface area contributed by atoms with E-state index < -0.39 is 17.3 Å². The van der Waals surface area contributed by atoms with Crippen LogP contribution in [0.1, 0.15) is 65.5 Å². The van der Waals surface area contributed by atoms with E-state index in [-0.39, 0.29) is 23.2 Å². The first-order valence-corrected chi connectivity index (χ1v) is 16.5. The van der Waals surface area contributed by atoms with Crippen LogP contribution in [0.2, 0.25) is 0 Å². The SMILES string of the molecule is CC(C)(C)OC(=O)c1ccc2c(c1)N(C[C@@H]1CCCO1)C(CN1CCN(c3cccc(NC(=O)c4ccc(C#N)cc4F)n3)CC1)=CC2. The fraction of sp³-hybridized carbons (Fsp3) is 0.405. The van der Waals surface area contributed by atoms with Crippen molar-refractivity contribution in [2.45, 2.75) is 51.7 Å². The predicted octanol–water partition coefficient (Wildman–Crippen LogP) is 5.55. The minimum Gasteiger partial charge on any atom is -0.456 e. The lowest BCUT2D eigenvalue weighted by atomic mass is 9.99. The molecule has 2 saturated heterocycles. The molecule has 0 spiro atoms. The van der Waals surface area contributed by atoms with Crippen LogP contribution in [-0.2, 0) is 15.9 Å². The monoisotopic (exact) mass is 652 g/mol. The molecule has 4 heterocycles. The molecular formula is C37H41FN6O4. The van der Waals surface area contributed by atoms with Crippen LogP contribution in [0.3, 0.4) is 0 Å². The summed E-state index contributed by atoms with van der Waals surface area (Å²) in [6.45, 7) is 11.0. The molecule has 1 N–H and O–H groups in total. The Morgan fingerprint density at radius 3 is 2.62 bits per heavy atom. The lowest BCUT2D eigenvalue weighted by Gasteiger charge is -2.40. The molecule has 10 nitrogen and oxygen atoms in total. The molecule has 3 aliphatic rings. The average molecular weight is 653 g/mol. The highest BCUT2D eigenvalue weighted by Gasteiger charge is 2.29. The van der Waals surface area contributed by atoms with E-state index in [1.165, 1.54) is 23.4 Å². The Bertz CT molecular complexity index is 1750. The minimum atomic E-state index is -0.756. The lowest BCUT2D eigenvalue weighted by molar-refractivity contribution is 0.00694. The Morgan fingerprint density at radius 2 is 1.92 bits per heavy atom. The molecule has 11 heteroatoms. The molecule has 0 aliphatic carbocycles. The second-order valence-electron chi connectivity index (χ2n) is 13.4. The Balaban J connectivity index is 1.11. The van der Waals surface area contributed by atoms with Crippen LogP contribution in [-0.4, -0.2) is 79.3 Å². The number of nitrogens with one attached hydrogen (secondary N) is 1. The number of carbonyl (C=O) groups is 2. The molecule has 2 aromatic carbocycles. The maximum atomic E-state index is 14.4. The third-order valence-corrected chi connectivity index (χ3v) is 8.73. The number of allylic oxidation sites excluding steroid dienone is 1. The second-order valence-corrected chi connectivity index (χ2v) is 13.4. The minimum absolute atomic E-state index is 0.133. The van der Waals surface area contributed by atoms with Crippen molar-refractivity contribution in [1.82, 2.24) is 9.88 Å². The summed E-state index contributed by atoms with van der Waals surface area (Å²) in [5.74, 6) is -0.653. The Labute approximate surface area is 280 Å². The molecule has 2 fully saturated rings. The van der Waals surface area contributed by atoms with Gasteiger partial charge < -0.3 is 24.6 Å². The van der Waals surface area contributed by atoms with Gasteiger partial charge in [-0.1, -0.05) is 18.2 Å². The summed E-state index contributed by atoms with van der Waals surface area (Å²) in [6.07, 6.45) is 5.28. The van der Waals surface area contributed by atoms with E-state index in [2.05, 4.69) is 31.1 Å². The van der Waals surface area contributed by atoms with Crippen LogP contribution in [0.4, 0.5) is 21.7 Å².